The third kappa shape index (κ3) is 12.8. The summed E-state index contributed by atoms with van der Waals surface area (Å²) in [5.41, 5.74) is -1.05. The Hall–Kier alpha value is -1.20. The van der Waals surface area contributed by atoms with Crippen molar-refractivity contribution in [3.63, 3.8) is 0 Å². The van der Waals surface area contributed by atoms with E-state index in [1.807, 2.05) is 0 Å². The number of carbonyl (C=O) groups is 4. The van der Waals surface area contributed by atoms with Crippen LogP contribution in [0.25, 0.3) is 0 Å². The molecule has 38 heavy (non-hydrogen) atoms. The normalized spacial score (nSPS) is 17.4. The van der Waals surface area contributed by atoms with Gasteiger partial charge >= 0.3 is 24.2 Å². The zero-order chi connectivity index (χ0) is 27.7. The third-order valence-electron chi connectivity index (χ3n) is 5.30. The summed E-state index contributed by atoms with van der Waals surface area (Å²) in [4.78, 5) is 47.4. The molecule has 0 aliphatic carbocycles. The van der Waals surface area contributed by atoms with Gasteiger partial charge in [-0.05, 0) is 12.8 Å². The van der Waals surface area contributed by atoms with Crippen LogP contribution in [0.2, 0.25) is 0 Å². The molecule has 0 unspecified atom stereocenters. The van der Waals surface area contributed by atoms with E-state index in [9.17, 15) is 19.2 Å². The lowest BCUT2D eigenvalue weighted by molar-refractivity contribution is -0.148. The summed E-state index contributed by atoms with van der Waals surface area (Å²) < 4.78 is 30.9. The maximum absolute atomic E-state index is 12.0. The van der Waals surface area contributed by atoms with Crippen LogP contribution in [0.15, 0.2) is 0 Å². The molecule has 0 atom stereocenters. The average molecular weight is 619 g/mol. The molecule has 2 rings (SSSR count). The van der Waals surface area contributed by atoms with E-state index in [0.717, 1.165) is 0 Å². The maximum atomic E-state index is 12.0. The molecule has 0 bridgehead atoms. The molecule has 0 spiro atoms. The second-order valence-electron chi connectivity index (χ2n) is 8.80. The second kappa shape index (κ2) is 18.2. The summed E-state index contributed by atoms with van der Waals surface area (Å²) >= 11 is 0. The van der Waals surface area contributed by atoms with Crippen LogP contribution in [0.4, 0.5) is 9.59 Å². The Bertz CT molecular complexity index is 695. The molecule has 16 heteroatoms. The molecule has 0 radical (unpaired) electrons. The topological polar surface area (TPSA) is 164 Å². The van der Waals surface area contributed by atoms with Crippen LogP contribution in [-0.4, -0.2) is 110 Å². The molecule has 2 heterocycles. The van der Waals surface area contributed by atoms with Gasteiger partial charge in [-0.3, -0.25) is 9.59 Å². The van der Waals surface area contributed by atoms with E-state index < -0.39 is 35.1 Å². The van der Waals surface area contributed by atoms with Crippen molar-refractivity contribution in [2.24, 2.45) is 10.8 Å². The van der Waals surface area contributed by atoms with Gasteiger partial charge in [0, 0.05) is 49.1 Å². The van der Waals surface area contributed by atoms with Crippen molar-refractivity contribution in [1.82, 2.24) is 0 Å². The Kier molecular flexibility index (Phi) is 15.8. The van der Waals surface area contributed by atoms with Crippen molar-refractivity contribution in [2.45, 2.75) is 25.7 Å². The monoisotopic (exact) mass is 618 g/mol. The average Bonchev–Trinajstić information content (AvgIpc) is 3.59. The van der Waals surface area contributed by atoms with Gasteiger partial charge in [-0.2, -0.15) is 0 Å². The quantitative estimate of drug-likeness (QED) is 0.106. The maximum Gasteiger partial charge on any atom is 0.508 e. The molecule has 0 amide bonds. The number of hydrogen-bond donors (Lipinski definition) is 2. The van der Waals surface area contributed by atoms with Gasteiger partial charge < -0.3 is 38.6 Å². The zero-order valence-electron chi connectivity index (χ0n) is 20.9. The number of aliphatic hydroxyl groups is 2. The van der Waals surface area contributed by atoms with Crippen molar-refractivity contribution >= 4 is 67.4 Å². The highest BCUT2D eigenvalue weighted by Gasteiger charge is 2.39. The van der Waals surface area contributed by atoms with Crippen molar-refractivity contribution in [3.05, 3.63) is 0 Å². The van der Waals surface area contributed by atoms with Crippen molar-refractivity contribution in [2.75, 3.05) is 75.9 Å². The number of aliphatic hydroxyl groups excluding tert-OH is 2. The summed E-state index contributed by atoms with van der Waals surface area (Å²) in [6, 6.07) is 0. The Morgan fingerprint density at radius 3 is 1.24 bits per heavy atom. The number of esters is 2. The standard InChI is InChI=1S/C22H34O12S4/c23-5-1-3-17(25)31-9-21(13-35-36-14-21)11-33-19(27)29-7-8-30-20(28)34-12-22(15-37-38-16-22)10-32-18(26)4-2-6-24/h23-24H,1-16H2. The zero-order valence-corrected chi connectivity index (χ0v) is 24.2. The first kappa shape index (κ1) is 33.0. The van der Waals surface area contributed by atoms with Gasteiger partial charge in [0.2, 0.25) is 0 Å². The highest BCUT2D eigenvalue weighted by Crippen LogP contribution is 2.44. The fraction of sp³-hybridized carbons (Fsp3) is 0.818. The summed E-state index contributed by atoms with van der Waals surface area (Å²) in [7, 11) is 6.37. The minimum atomic E-state index is -0.933. The number of hydrogen-bond acceptors (Lipinski definition) is 16. The van der Waals surface area contributed by atoms with E-state index in [1.54, 1.807) is 43.2 Å². The smallest absolute Gasteiger partial charge is 0.465 e. The first-order chi connectivity index (χ1) is 18.3. The Morgan fingerprint density at radius 1 is 0.553 bits per heavy atom. The molecule has 2 saturated heterocycles. The molecule has 2 fully saturated rings. The Labute approximate surface area is 237 Å². The predicted molar refractivity (Wildman–Crippen MR) is 144 cm³/mol. The van der Waals surface area contributed by atoms with Crippen LogP contribution in [0.3, 0.4) is 0 Å². The lowest BCUT2D eigenvalue weighted by Gasteiger charge is -2.26. The summed E-state index contributed by atoms with van der Waals surface area (Å²) in [5, 5.41) is 17.6. The fourth-order valence-corrected chi connectivity index (χ4v) is 9.65. The van der Waals surface area contributed by atoms with Crippen molar-refractivity contribution < 1.29 is 57.8 Å². The highest BCUT2D eigenvalue weighted by molar-refractivity contribution is 8.77. The van der Waals surface area contributed by atoms with E-state index in [2.05, 4.69) is 0 Å². The van der Waals surface area contributed by atoms with Crippen LogP contribution in [0.5, 0.6) is 0 Å². The van der Waals surface area contributed by atoms with Gasteiger partial charge in [0.1, 0.15) is 39.6 Å². The molecular formula is C22H34O12S4. The number of ether oxygens (including phenoxy) is 6. The fourth-order valence-electron chi connectivity index (χ4n) is 2.98. The predicted octanol–water partition coefficient (Wildman–Crippen LogP) is 2.69. The van der Waals surface area contributed by atoms with Gasteiger partial charge in [0.05, 0.1) is 10.8 Å². The lowest BCUT2D eigenvalue weighted by Crippen LogP contribution is -2.37. The van der Waals surface area contributed by atoms with Gasteiger partial charge in [-0.25, -0.2) is 9.59 Å². The molecule has 0 aromatic rings. The van der Waals surface area contributed by atoms with E-state index >= 15 is 0 Å². The van der Waals surface area contributed by atoms with Gasteiger partial charge in [0.15, 0.2) is 0 Å². The number of carbonyl (C=O) groups excluding carboxylic acids is 4. The Morgan fingerprint density at radius 2 is 0.895 bits per heavy atom. The minimum absolute atomic E-state index is 0.00466. The lowest BCUT2D eigenvalue weighted by atomic mass is 9.95. The molecule has 0 aromatic carbocycles. The molecule has 2 aliphatic rings. The van der Waals surface area contributed by atoms with Gasteiger partial charge in [0.25, 0.3) is 0 Å². The summed E-state index contributed by atoms with van der Waals surface area (Å²) in [5.74, 6) is 1.70. The van der Waals surface area contributed by atoms with Crippen LogP contribution < -0.4 is 0 Å². The van der Waals surface area contributed by atoms with Gasteiger partial charge in [-0.1, -0.05) is 43.2 Å². The summed E-state index contributed by atoms with van der Waals surface area (Å²) in [6.45, 7) is -0.453. The van der Waals surface area contributed by atoms with Crippen LogP contribution >= 0.6 is 43.2 Å². The van der Waals surface area contributed by atoms with Gasteiger partial charge in [-0.15, -0.1) is 0 Å². The van der Waals surface area contributed by atoms with Crippen molar-refractivity contribution in [1.29, 1.82) is 0 Å². The Balaban J connectivity index is 1.62. The SMILES string of the molecule is O=C(CCCO)OCC1(COC(=O)OCCOC(=O)OCC2(COC(=O)CCCO)CSSC2)CSSC1. The van der Waals surface area contributed by atoms with E-state index in [0.29, 0.717) is 35.9 Å². The molecule has 2 aliphatic heterocycles. The van der Waals surface area contributed by atoms with E-state index in [4.69, 9.17) is 38.6 Å². The van der Waals surface area contributed by atoms with Crippen LogP contribution in [-0.2, 0) is 38.0 Å². The molecule has 218 valence electrons. The van der Waals surface area contributed by atoms with Crippen LogP contribution in [0, 0.1) is 10.8 Å². The van der Waals surface area contributed by atoms with E-state index in [1.165, 1.54) is 0 Å². The molecule has 0 saturated carbocycles. The summed E-state index contributed by atoms with van der Waals surface area (Å²) in [6.07, 6.45) is -0.970. The minimum Gasteiger partial charge on any atom is -0.465 e. The molecule has 0 aromatic heterocycles. The third-order valence-corrected chi connectivity index (χ3v) is 11.0. The molecule has 12 nitrogen and oxygen atoms in total. The second-order valence-corrected chi connectivity index (χ2v) is 13.7. The molecule has 2 N–H and O–H groups in total. The largest absolute Gasteiger partial charge is 0.508 e. The first-order valence-corrected chi connectivity index (χ1v) is 16.9. The molecular weight excluding hydrogens is 584 g/mol. The van der Waals surface area contributed by atoms with E-state index in [-0.39, 0.29) is 65.7 Å². The number of rotatable bonds is 17. The van der Waals surface area contributed by atoms with Crippen LogP contribution in [0.1, 0.15) is 25.7 Å². The van der Waals surface area contributed by atoms with Crippen molar-refractivity contribution in [3.8, 4) is 0 Å². The highest BCUT2D eigenvalue weighted by atomic mass is 33.1. The first-order valence-electron chi connectivity index (χ1n) is 11.9.